The van der Waals surface area contributed by atoms with Gasteiger partial charge in [0, 0.05) is 13.1 Å². The van der Waals surface area contributed by atoms with Crippen LogP contribution in [0.2, 0.25) is 0 Å². The molecule has 8 heteroatoms. The smallest absolute Gasteiger partial charge is 0.267 e. The molecule has 2 aromatic carbocycles. The van der Waals surface area contributed by atoms with Crippen molar-refractivity contribution in [2.24, 2.45) is 5.92 Å². The van der Waals surface area contributed by atoms with Crippen LogP contribution in [0.5, 0.6) is 0 Å². The summed E-state index contributed by atoms with van der Waals surface area (Å²) >= 11 is 1.37. The molecule has 0 atom stereocenters. The second kappa shape index (κ2) is 9.25. The molecule has 0 bridgehead atoms. The van der Waals surface area contributed by atoms with Crippen LogP contribution in [0.4, 0.5) is 0 Å². The first-order valence-corrected chi connectivity index (χ1v) is 12.8. The molecule has 34 heavy (non-hydrogen) atoms. The van der Waals surface area contributed by atoms with E-state index in [-0.39, 0.29) is 17.2 Å². The Hall–Kier alpha value is -3.13. The fourth-order valence-electron chi connectivity index (χ4n) is 4.87. The maximum Gasteiger partial charge on any atom is 0.267 e. The number of nitrogens with zero attached hydrogens (tertiary/aromatic N) is 5. The highest BCUT2D eigenvalue weighted by Gasteiger charge is 2.25. The Balaban J connectivity index is 1.52. The first-order chi connectivity index (χ1) is 16.5. The average Bonchev–Trinajstić information content (AvgIpc) is 3.27. The summed E-state index contributed by atoms with van der Waals surface area (Å²) in [5.74, 6) is 1.57. The summed E-state index contributed by atoms with van der Waals surface area (Å²) in [6, 6.07) is 15.5. The van der Waals surface area contributed by atoms with E-state index in [0.29, 0.717) is 22.4 Å². The number of amides is 1. The van der Waals surface area contributed by atoms with E-state index in [1.807, 2.05) is 71.8 Å². The van der Waals surface area contributed by atoms with E-state index in [0.717, 1.165) is 35.5 Å². The van der Waals surface area contributed by atoms with E-state index >= 15 is 0 Å². The molecule has 1 aliphatic carbocycles. The third-order valence-electron chi connectivity index (χ3n) is 7.00. The van der Waals surface area contributed by atoms with Crippen molar-refractivity contribution in [1.29, 1.82) is 0 Å². The first kappa shape index (κ1) is 22.7. The molecule has 0 spiro atoms. The number of benzene rings is 2. The molecule has 176 valence electrons. The fraction of sp³-hybridized carbons (Fsp3) is 0.385. The predicted molar refractivity (Wildman–Crippen MR) is 136 cm³/mol. The van der Waals surface area contributed by atoms with E-state index in [4.69, 9.17) is 0 Å². The second-order valence-electron chi connectivity index (χ2n) is 9.27. The van der Waals surface area contributed by atoms with Crippen LogP contribution >= 0.6 is 11.8 Å². The van der Waals surface area contributed by atoms with Gasteiger partial charge in [0.1, 0.15) is 0 Å². The average molecular weight is 476 g/mol. The largest absolute Gasteiger partial charge is 0.342 e. The summed E-state index contributed by atoms with van der Waals surface area (Å²) in [5.41, 5.74) is 2.35. The van der Waals surface area contributed by atoms with Gasteiger partial charge in [-0.25, -0.2) is 4.57 Å². The highest BCUT2D eigenvalue weighted by Crippen LogP contribution is 2.28. The maximum absolute atomic E-state index is 13.5. The van der Waals surface area contributed by atoms with Crippen molar-refractivity contribution < 1.29 is 4.79 Å². The van der Waals surface area contributed by atoms with Crippen LogP contribution < -0.4 is 5.56 Å². The van der Waals surface area contributed by atoms with Gasteiger partial charge in [0.25, 0.3) is 5.56 Å². The standard InChI is InChI=1S/C26H29N5O2S/c1-17-12-14-19(15-13-17)29(3)23(32)16-34-26-28-27-25-30(21-10-6-4-8-18(21)2)24(33)20-9-5-7-11-22(20)31(25)26/h4-11,17,19H,12-16H2,1-3H3. The number of aryl methyl sites for hydroxylation is 1. The molecule has 0 aliphatic heterocycles. The van der Waals surface area contributed by atoms with E-state index in [9.17, 15) is 9.59 Å². The molecule has 1 fully saturated rings. The van der Waals surface area contributed by atoms with Gasteiger partial charge in [0.2, 0.25) is 11.7 Å². The number of hydrogen-bond acceptors (Lipinski definition) is 5. The third-order valence-corrected chi connectivity index (χ3v) is 7.92. The van der Waals surface area contributed by atoms with Gasteiger partial charge in [-0.3, -0.25) is 14.0 Å². The Bertz CT molecular complexity index is 1420. The van der Waals surface area contributed by atoms with Crippen molar-refractivity contribution in [1.82, 2.24) is 24.1 Å². The molecule has 7 nitrogen and oxygen atoms in total. The SMILES string of the molecule is Cc1ccccc1-n1c(=O)c2ccccc2n2c(SCC(=O)N(C)C3CCC(C)CC3)nnc12. The molecule has 1 aliphatic rings. The zero-order valence-corrected chi connectivity index (χ0v) is 20.6. The van der Waals surface area contributed by atoms with Crippen LogP contribution in [-0.2, 0) is 4.79 Å². The van der Waals surface area contributed by atoms with Crippen molar-refractivity contribution in [3.8, 4) is 5.69 Å². The lowest BCUT2D eigenvalue weighted by molar-refractivity contribution is -0.129. The van der Waals surface area contributed by atoms with Gasteiger partial charge >= 0.3 is 0 Å². The quantitative estimate of drug-likeness (QED) is 0.398. The maximum atomic E-state index is 13.5. The zero-order chi connectivity index (χ0) is 23.8. The molecular formula is C26H29N5O2S. The molecule has 5 rings (SSSR count). The van der Waals surface area contributed by atoms with Gasteiger partial charge in [-0.2, -0.15) is 0 Å². The van der Waals surface area contributed by atoms with E-state index < -0.39 is 0 Å². The molecule has 2 heterocycles. The lowest BCUT2D eigenvalue weighted by atomic mass is 9.87. The summed E-state index contributed by atoms with van der Waals surface area (Å²) in [6.07, 6.45) is 4.48. The number of carbonyl (C=O) groups excluding carboxylic acids is 1. The number of rotatable bonds is 5. The number of para-hydroxylation sites is 2. The molecule has 1 saturated carbocycles. The van der Waals surface area contributed by atoms with E-state index in [1.165, 1.54) is 24.6 Å². The van der Waals surface area contributed by atoms with Crippen LogP contribution in [-0.4, -0.2) is 48.8 Å². The van der Waals surface area contributed by atoms with Crippen LogP contribution in [0.1, 0.15) is 38.2 Å². The third kappa shape index (κ3) is 4.00. The summed E-state index contributed by atoms with van der Waals surface area (Å²) in [6.45, 7) is 4.26. The number of hydrogen-bond donors (Lipinski definition) is 0. The first-order valence-electron chi connectivity index (χ1n) is 11.8. The molecule has 0 unspecified atom stereocenters. The second-order valence-corrected chi connectivity index (χ2v) is 10.2. The highest BCUT2D eigenvalue weighted by atomic mass is 32.2. The van der Waals surface area contributed by atoms with Gasteiger partial charge in [-0.05, 0) is 62.3 Å². The summed E-state index contributed by atoms with van der Waals surface area (Å²) in [4.78, 5) is 28.4. The van der Waals surface area contributed by atoms with Crippen LogP contribution in [0, 0.1) is 12.8 Å². The number of aromatic nitrogens is 4. The lowest BCUT2D eigenvalue weighted by Gasteiger charge is -2.33. The Morgan fingerprint density at radius 1 is 1.06 bits per heavy atom. The normalized spacial score (nSPS) is 18.4. The zero-order valence-electron chi connectivity index (χ0n) is 19.8. The molecule has 0 radical (unpaired) electrons. The van der Waals surface area contributed by atoms with E-state index in [2.05, 4.69) is 17.1 Å². The molecule has 1 amide bonds. The van der Waals surface area contributed by atoms with Crippen molar-refractivity contribution in [2.45, 2.75) is 50.7 Å². The van der Waals surface area contributed by atoms with Gasteiger partial charge < -0.3 is 4.90 Å². The topological polar surface area (TPSA) is 72.5 Å². The molecule has 4 aromatic rings. The molecule has 0 saturated heterocycles. The van der Waals surface area contributed by atoms with Crippen molar-refractivity contribution in [3.63, 3.8) is 0 Å². The summed E-state index contributed by atoms with van der Waals surface area (Å²) in [7, 11) is 1.91. The van der Waals surface area contributed by atoms with Crippen LogP contribution in [0.3, 0.4) is 0 Å². The van der Waals surface area contributed by atoms with Gasteiger partial charge in [0.15, 0.2) is 5.16 Å². The number of fused-ring (bicyclic) bond motifs is 3. The Morgan fingerprint density at radius 2 is 1.76 bits per heavy atom. The lowest BCUT2D eigenvalue weighted by Crippen LogP contribution is -2.40. The fourth-order valence-corrected chi connectivity index (χ4v) is 5.73. The van der Waals surface area contributed by atoms with Crippen LogP contribution in [0.15, 0.2) is 58.5 Å². The summed E-state index contributed by atoms with van der Waals surface area (Å²) in [5, 5.41) is 9.99. The van der Waals surface area contributed by atoms with Crippen LogP contribution in [0.25, 0.3) is 22.4 Å². The van der Waals surface area contributed by atoms with Gasteiger partial charge in [0.05, 0.1) is 22.3 Å². The number of thioether (sulfide) groups is 1. The Labute approximate surface area is 202 Å². The minimum Gasteiger partial charge on any atom is -0.342 e. The highest BCUT2D eigenvalue weighted by molar-refractivity contribution is 7.99. The molecular weight excluding hydrogens is 446 g/mol. The van der Waals surface area contributed by atoms with Gasteiger partial charge in [-0.1, -0.05) is 49.0 Å². The Kier molecular flexibility index (Phi) is 6.16. The summed E-state index contributed by atoms with van der Waals surface area (Å²) < 4.78 is 3.51. The van der Waals surface area contributed by atoms with Crippen molar-refractivity contribution in [2.75, 3.05) is 12.8 Å². The van der Waals surface area contributed by atoms with Gasteiger partial charge in [-0.15, -0.1) is 10.2 Å². The van der Waals surface area contributed by atoms with E-state index in [1.54, 1.807) is 4.57 Å². The number of carbonyl (C=O) groups is 1. The Morgan fingerprint density at radius 3 is 2.53 bits per heavy atom. The minimum atomic E-state index is -0.135. The van der Waals surface area contributed by atoms with Crippen molar-refractivity contribution in [3.05, 3.63) is 64.4 Å². The monoisotopic (exact) mass is 475 g/mol. The minimum absolute atomic E-state index is 0.0952. The molecule has 2 aromatic heterocycles. The molecule has 0 N–H and O–H groups in total. The van der Waals surface area contributed by atoms with Crippen molar-refractivity contribution >= 4 is 34.3 Å². The predicted octanol–water partition coefficient (Wildman–Crippen LogP) is 4.47.